The van der Waals surface area contributed by atoms with E-state index in [1.807, 2.05) is 13.0 Å². The van der Waals surface area contributed by atoms with Crippen LogP contribution < -0.4 is 9.47 Å². The highest BCUT2D eigenvalue weighted by Crippen LogP contribution is 2.38. The molecule has 3 aromatic rings. The number of hydrogen-bond acceptors (Lipinski definition) is 4. The van der Waals surface area contributed by atoms with Gasteiger partial charge in [-0.25, -0.2) is 9.18 Å². The molecule has 0 fully saturated rings. The monoisotopic (exact) mass is 451 g/mol. The normalized spacial score (nSPS) is 11.0. The molecule has 5 nitrogen and oxygen atoms in total. The van der Waals surface area contributed by atoms with Crippen LogP contribution in [0.15, 0.2) is 60.7 Å². The number of ether oxygens (including phenoxy) is 2. The number of hydrogen-bond donors (Lipinski definition) is 1. The molecule has 0 saturated carbocycles. The zero-order valence-electron chi connectivity index (χ0n) is 17.1. The molecule has 7 heteroatoms. The van der Waals surface area contributed by atoms with Crippen LogP contribution >= 0.6 is 11.6 Å². The number of carbonyl (C=O) groups is 1. The van der Waals surface area contributed by atoms with E-state index in [2.05, 4.69) is 0 Å². The molecular weight excluding hydrogens is 433 g/mol. The summed E-state index contributed by atoms with van der Waals surface area (Å²) in [6.07, 6.45) is 1.53. The van der Waals surface area contributed by atoms with Crippen LogP contribution in [-0.4, -0.2) is 17.7 Å². The molecule has 0 aliphatic carbocycles. The summed E-state index contributed by atoms with van der Waals surface area (Å²) in [6, 6.07) is 17.6. The Balaban J connectivity index is 1.90. The molecule has 0 bridgehead atoms. The SMILES string of the molecule is CCOc1cc(/C=C(/C#N)c2ccccc2F)cc(Cl)c1OCc1ccc(C(=O)O)cc1. The van der Waals surface area contributed by atoms with E-state index in [-0.39, 0.29) is 28.3 Å². The predicted octanol–water partition coefficient (Wildman–Crippen LogP) is 6.22. The van der Waals surface area contributed by atoms with Gasteiger partial charge in [0.2, 0.25) is 0 Å². The Hall–Kier alpha value is -3.82. The molecule has 162 valence electrons. The fourth-order valence-electron chi connectivity index (χ4n) is 2.99. The van der Waals surface area contributed by atoms with Gasteiger partial charge in [-0.05, 0) is 54.5 Å². The van der Waals surface area contributed by atoms with Crippen molar-refractivity contribution in [2.45, 2.75) is 13.5 Å². The number of halogens is 2. The van der Waals surface area contributed by atoms with Crippen molar-refractivity contribution in [3.63, 3.8) is 0 Å². The van der Waals surface area contributed by atoms with Gasteiger partial charge in [0.05, 0.1) is 28.8 Å². The van der Waals surface area contributed by atoms with E-state index in [9.17, 15) is 14.4 Å². The standard InChI is InChI=1S/C25H19ClFNO4/c1-2-31-23-13-17(11-19(14-28)20-5-3-4-6-22(20)27)12-21(26)24(23)32-15-16-7-9-18(10-8-16)25(29)30/h3-13H,2,15H2,1H3,(H,29,30)/b19-11-. The summed E-state index contributed by atoms with van der Waals surface area (Å²) < 4.78 is 25.6. The van der Waals surface area contributed by atoms with Crippen molar-refractivity contribution in [3.05, 3.63) is 93.8 Å². The van der Waals surface area contributed by atoms with E-state index < -0.39 is 11.8 Å². The van der Waals surface area contributed by atoms with Gasteiger partial charge in [-0.2, -0.15) is 5.26 Å². The van der Waals surface area contributed by atoms with Crippen molar-refractivity contribution >= 4 is 29.2 Å². The molecule has 0 aliphatic heterocycles. The highest BCUT2D eigenvalue weighted by atomic mass is 35.5. The maximum Gasteiger partial charge on any atom is 0.335 e. The van der Waals surface area contributed by atoms with E-state index in [1.165, 1.54) is 30.3 Å². The summed E-state index contributed by atoms with van der Waals surface area (Å²) in [7, 11) is 0. The largest absolute Gasteiger partial charge is 0.490 e. The predicted molar refractivity (Wildman–Crippen MR) is 120 cm³/mol. The summed E-state index contributed by atoms with van der Waals surface area (Å²) in [5.41, 5.74) is 1.82. The van der Waals surface area contributed by atoms with Crippen LogP contribution in [-0.2, 0) is 6.61 Å². The molecule has 3 aromatic carbocycles. The van der Waals surface area contributed by atoms with Crippen molar-refractivity contribution < 1.29 is 23.8 Å². The second-order valence-corrected chi connectivity index (χ2v) is 7.11. The molecule has 0 atom stereocenters. The van der Waals surface area contributed by atoms with Crippen molar-refractivity contribution in [3.8, 4) is 17.6 Å². The lowest BCUT2D eigenvalue weighted by atomic mass is 10.0. The first-order valence-corrected chi connectivity index (χ1v) is 10.1. The fraction of sp³-hybridized carbons (Fsp3) is 0.120. The van der Waals surface area contributed by atoms with Gasteiger partial charge in [0, 0.05) is 5.56 Å². The minimum Gasteiger partial charge on any atom is -0.490 e. The third kappa shape index (κ3) is 5.45. The average Bonchev–Trinajstić information content (AvgIpc) is 2.78. The maximum atomic E-state index is 14.1. The van der Waals surface area contributed by atoms with Crippen LogP contribution in [0.3, 0.4) is 0 Å². The first-order valence-electron chi connectivity index (χ1n) is 9.71. The summed E-state index contributed by atoms with van der Waals surface area (Å²) >= 11 is 6.44. The van der Waals surface area contributed by atoms with Crippen molar-refractivity contribution in [1.82, 2.24) is 0 Å². The van der Waals surface area contributed by atoms with Gasteiger partial charge < -0.3 is 14.6 Å². The number of allylic oxidation sites excluding steroid dienone is 1. The van der Waals surface area contributed by atoms with Crippen molar-refractivity contribution in [1.29, 1.82) is 5.26 Å². The lowest BCUT2D eigenvalue weighted by Crippen LogP contribution is -2.02. The Morgan fingerprint density at radius 1 is 1.16 bits per heavy atom. The zero-order chi connectivity index (χ0) is 23.1. The first kappa shape index (κ1) is 22.9. The molecule has 3 rings (SSSR count). The lowest BCUT2D eigenvalue weighted by Gasteiger charge is -2.15. The second kappa shape index (κ2) is 10.5. The molecule has 0 heterocycles. The van der Waals surface area contributed by atoms with Crippen LogP contribution in [0.1, 0.15) is 34.0 Å². The summed E-state index contributed by atoms with van der Waals surface area (Å²) in [6.45, 7) is 2.31. The molecule has 0 spiro atoms. The molecule has 0 amide bonds. The topological polar surface area (TPSA) is 79.5 Å². The van der Waals surface area contributed by atoms with Gasteiger partial charge in [0.1, 0.15) is 12.4 Å². The molecule has 32 heavy (non-hydrogen) atoms. The number of carboxylic acid groups (broad SMARTS) is 1. The number of benzene rings is 3. The van der Waals surface area contributed by atoms with Crippen LogP contribution in [0.2, 0.25) is 5.02 Å². The minimum absolute atomic E-state index is 0.146. The van der Waals surface area contributed by atoms with Crippen LogP contribution in [0, 0.1) is 17.1 Å². The number of aromatic carboxylic acids is 1. The van der Waals surface area contributed by atoms with Crippen molar-refractivity contribution in [2.75, 3.05) is 6.61 Å². The first-order chi connectivity index (χ1) is 15.4. The molecule has 0 aromatic heterocycles. The highest BCUT2D eigenvalue weighted by molar-refractivity contribution is 6.32. The Labute approximate surface area is 189 Å². The smallest absolute Gasteiger partial charge is 0.335 e. The molecular formula is C25H19ClFNO4. The Bertz CT molecular complexity index is 1200. The second-order valence-electron chi connectivity index (χ2n) is 6.70. The van der Waals surface area contributed by atoms with E-state index in [0.29, 0.717) is 23.7 Å². The Morgan fingerprint density at radius 2 is 1.88 bits per heavy atom. The van der Waals surface area contributed by atoms with Gasteiger partial charge in [0.15, 0.2) is 11.5 Å². The summed E-state index contributed by atoms with van der Waals surface area (Å²) in [5.74, 6) is -0.809. The molecule has 1 N–H and O–H groups in total. The van der Waals surface area contributed by atoms with Gasteiger partial charge in [0.25, 0.3) is 0 Å². The number of rotatable bonds is 8. The lowest BCUT2D eigenvalue weighted by molar-refractivity contribution is 0.0697. The molecule has 0 saturated heterocycles. The Morgan fingerprint density at radius 3 is 2.50 bits per heavy atom. The fourth-order valence-corrected chi connectivity index (χ4v) is 3.26. The Kier molecular flexibility index (Phi) is 7.48. The number of nitrogens with zero attached hydrogens (tertiary/aromatic N) is 1. The molecule has 0 unspecified atom stereocenters. The zero-order valence-corrected chi connectivity index (χ0v) is 17.9. The quantitative estimate of drug-likeness (QED) is 0.325. The maximum absolute atomic E-state index is 14.1. The molecule has 0 radical (unpaired) electrons. The van der Waals surface area contributed by atoms with Crippen molar-refractivity contribution in [2.24, 2.45) is 0 Å². The van der Waals surface area contributed by atoms with Crippen LogP contribution in [0.25, 0.3) is 11.6 Å². The van der Waals surface area contributed by atoms with Gasteiger partial charge in [-0.15, -0.1) is 0 Å². The van der Waals surface area contributed by atoms with Gasteiger partial charge in [-0.1, -0.05) is 41.9 Å². The third-order valence-corrected chi connectivity index (χ3v) is 4.79. The van der Waals surface area contributed by atoms with Crippen LogP contribution in [0.5, 0.6) is 11.5 Å². The minimum atomic E-state index is -1.00. The summed E-state index contributed by atoms with van der Waals surface area (Å²) in [5, 5.41) is 18.8. The number of carboxylic acids is 1. The van der Waals surface area contributed by atoms with Crippen LogP contribution in [0.4, 0.5) is 4.39 Å². The van der Waals surface area contributed by atoms with E-state index in [1.54, 1.807) is 36.4 Å². The van der Waals surface area contributed by atoms with E-state index >= 15 is 0 Å². The average molecular weight is 452 g/mol. The van der Waals surface area contributed by atoms with Gasteiger partial charge >= 0.3 is 5.97 Å². The van der Waals surface area contributed by atoms with E-state index in [4.69, 9.17) is 26.2 Å². The van der Waals surface area contributed by atoms with E-state index in [0.717, 1.165) is 5.56 Å². The third-order valence-electron chi connectivity index (χ3n) is 4.51. The summed E-state index contributed by atoms with van der Waals surface area (Å²) in [4.78, 5) is 11.0. The highest BCUT2D eigenvalue weighted by Gasteiger charge is 2.14. The molecule has 0 aliphatic rings. The van der Waals surface area contributed by atoms with Gasteiger partial charge in [-0.3, -0.25) is 0 Å². The number of nitriles is 1.